The van der Waals surface area contributed by atoms with Gasteiger partial charge in [-0.1, -0.05) is 46.3 Å². The number of benzene rings is 2. The Balaban J connectivity index is 1.85. The molecule has 0 radical (unpaired) electrons. The minimum Gasteiger partial charge on any atom is -0.217 e. The van der Waals surface area contributed by atoms with Crippen molar-refractivity contribution >= 4 is 45.0 Å². The van der Waals surface area contributed by atoms with Crippen LogP contribution < -0.4 is 0 Å². The Hall–Kier alpha value is -2.73. The number of rotatable bonds is 2. The lowest BCUT2D eigenvalue weighted by Gasteiger charge is -2.00. The fraction of sp³-hybridized carbons (Fsp3) is 0. The van der Waals surface area contributed by atoms with Crippen LogP contribution in [0.5, 0.6) is 0 Å². The maximum atomic E-state index is 6.35. The van der Waals surface area contributed by atoms with Gasteiger partial charge in [0.25, 0.3) is 0 Å². The number of hydrogen-bond donors (Lipinski definition) is 0. The van der Waals surface area contributed by atoms with Gasteiger partial charge in [0.1, 0.15) is 11.0 Å². The van der Waals surface area contributed by atoms with Crippen LogP contribution in [-0.2, 0) is 0 Å². The normalized spacial score (nSPS) is 12.3. The van der Waals surface area contributed by atoms with Gasteiger partial charge in [-0.05, 0) is 24.3 Å². The van der Waals surface area contributed by atoms with Crippen LogP contribution in [0.25, 0.3) is 33.4 Å². The van der Waals surface area contributed by atoms with E-state index in [1.54, 1.807) is 15.6 Å². The van der Waals surface area contributed by atoms with Gasteiger partial charge < -0.3 is 0 Å². The predicted octanol–water partition coefficient (Wildman–Crippen LogP) is 2.83. The zero-order valence-electron chi connectivity index (χ0n) is 10.8. The first-order chi connectivity index (χ1) is 10.3. The predicted molar refractivity (Wildman–Crippen MR) is 81.4 cm³/mol. The third-order valence-corrected chi connectivity index (χ3v) is 3.42. The first-order valence-corrected chi connectivity index (χ1v) is 6.69. The minimum atomic E-state index is 0.388. The fourth-order valence-electron chi connectivity index (χ4n) is 2.16. The molecule has 0 N–H and O–H groups in total. The van der Waals surface area contributed by atoms with Crippen LogP contribution in [0.3, 0.4) is 0 Å². The highest BCUT2D eigenvalue weighted by Crippen LogP contribution is 2.19. The van der Waals surface area contributed by atoms with Gasteiger partial charge in [0, 0.05) is 0 Å². The van der Waals surface area contributed by atoms with Crippen LogP contribution in [0.4, 0.5) is 0 Å². The van der Waals surface area contributed by atoms with Crippen molar-refractivity contribution in [1.29, 1.82) is 0 Å². The lowest BCUT2D eigenvalue weighted by atomic mass is 10.3. The molecule has 0 bridgehead atoms. The third kappa shape index (κ3) is 1.96. The van der Waals surface area contributed by atoms with E-state index >= 15 is 0 Å². The van der Waals surface area contributed by atoms with Crippen molar-refractivity contribution in [3.05, 3.63) is 48.5 Å². The summed E-state index contributed by atoms with van der Waals surface area (Å²) in [4.78, 5) is 0. The molecule has 102 valence electrons. The van der Waals surface area contributed by atoms with Crippen LogP contribution in [0.1, 0.15) is 0 Å². The molecule has 0 aliphatic heterocycles. The fourth-order valence-corrected chi connectivity index (χ4v) is 2.38. The number of hydrogen-bond acceptors (Lipinski definition) is 4. The van der Waals surface area contributed by atoms with E-state index in [-0.39, 0.29) is 0 Å². The number of aromatic nitrogens is 6. The number of halogens is 1. The summed E-state index contributed by atoms with van der Waals surface area (Å²) in [7, 11) is 0. The van der Waals surface area contributed by atoms with Crippen molar-refractivity contribution in [2.45, 2.75) is 0 Å². The zero-order chi connectivity index (χ0) is 14.2. The average molecular weight is 297 g/mol. The third-order valence-electron chi connectivity index (χ3n) is 3.16. The number of para-hydroxylation sites is 2. The van der Waals surface area contributed by atoms with E-state index < -0.39 is 0 Å². The molecule has 4 aromatic rings. The summed E-state index contributed by atoms with van der Waals surface area (Å²) < 4.78 is 3.18. The van der Waals surface area contributed by atoms with Gasteiger partial charge in [0.15, 0.2) is 5.16 Å². The molecule has 0 aliphatic carbocycles. The van der Waals surface area contributed by atoms with E-state index in [1.807, 2.05) is 48.5 Å². The summed E-state index contributed by atoms with van der Waals surface area (Å²) in [5, 5.41) is 16.7. The molecular weight excluding hydrogens is 288 g/mol. The monoisotopic (exact) mass is 296 g/mol. The first-order valence-electron chi connectivity index (χ1n) is 6.31. The molecule has 7 heteroatoms. The van der Waals surface area contributed by atoms with Crippen molar-refractivity contribution in [2.24, 2.45) is 0 Å². The lowest BCUT2D eigenvalue weighted by Crippen LogP contribution is -1.98. The highest BCUT2D eigenvalue weighted by atomic mass is 35.5. The molecule has 0 aliphatic rings. The molecule has 21 heavy (non-hydrogen) atoms. The maximum Gasteiger partial charge on any atom is 0.151 e. The quantitative estimate of drug-likeness (QED) is 0.570. The van der Waals surface area contributed by atoms with Crippen molar-refractivity contribution in [2.75, 3.05) is 0 Å². The van der Waals surface area contributed by atoms with E-state index in [2.05, 4.69) is 20.6 Å². The van der Waals surface area contributed by atoms with Crippen molar-refractivity contribution in [3.8, 4) is 0 Å². The van der Waals surface area contributed by atoms with Crippen LogP contribution in [0.2, 0.25) is 0 Å². The van der Waals surface area contributed by atoms with Crippen molar-refractivity contribution in [3.63, 3.8) is 0 Å². The first kappa shape index (κ1) is 12.0. The summed E-state index contributed by atoms with van der Waals surface area (Å²) in [5.41, 5.74) is 3.30. The van der Waals surface area contributed by atoms with Gasteiger partial charge in [-0.25, -0.2) is 4.68 Å². The molecule has 0 saturated heterocycles. The van der Waals surface area contributed by atoms with E-state index in [0.29, 0.717) is 5.16 Å². The van der Waals surface area contributed by atoms with Gasteiger partial charge in [-0.2, -0.15) is 4.68 Å². The molecule has 0 amide bonds. The van der Waals surface area contributed by atoms with Crippen molar-refractivity contribution in [1.82, 2.24) is 30.0 Å². The Morgan fingerprint density at radius 1 is 0.857 bits per heavy atom. The smallest absolute Gasteiger partial charge is 0.151 e. The molecule has 0 saturated carbocycles. The number of nitrogens with zero attached hydrogens (tertiary/aromatic N) is 6. The summed E-state index contributed by atoms with van der Waals surface area (Å²) in [5.74, 6) is 0. The maximum absolute atomic E-state index is 6.35. The molecule has 4 rings (SSSR count). The molecule has 0 atom stereocenters. The molecule has 2 aromatic carbocycles. The van der Waals surface area contributed by atoms with Crippen molar-refractivity contribution < 1.29 is 0 Å². The molecule has 6 nitrogen and oxygen atoms in total. The molecule has 0 spiro atoms. The molecule has 2 heterocycles. The lowest BCUT2D eigenvalue weighted by molar-refractivity contribution is 0.835. The Bertz CT molecular complexity index is 968. The summed E-state index contributed by atoms with van der Waals surface area (Å²) in [6.07, 6.45) is 1.66. The van der Waals surface area contributed by atoms with Gasteiger partial charge in [0.2, 0.25) is 0 Å². The summed E-state index contributed by atoms with van der Waals surface area (Å²) in [6.45, 7) is 0. The van der Waals surface area contributed by atoms with Gasteiger partial charge in [-0.3, -0.25) is 0 Å². The summed E-state index contributed by atoms with van der Waals surface area (Å²) in [6, 6.07) is 15.3. The Kier molecular flexibility index (Phi) is 2.68. The highest BCUT2D eigenvalue weighted by molar-refractivity contribution is 6.47. The Morgan fingerprint density at radius 2 is 1.48 bits per heavy atom. The SMILES string of the molecule is Cl/C(=C\n1nnc2ccccc21)n1nnc2ccccc21. The molecule has 2 aromatic heterocycles. The van der Waals surface area contributed by atoms with Gasteiger partial charge in [-0.15, -0.1) is 10.2 Å². The topological polar surface area (TPSA) is 61.4 Å². The van der Waals surface area contributed by atoms with Gasteiger partial charge in [0.05, 0.1) is 17.2 Å². The number of fused-ring (bicyclic) bond motifs is 2. The van der Waals surface area contributed by atoms with Crippen LogP contribution in [0.15, 0.2) is 48.5 Å². The van der Waals surface area contributed by atoms with E-state index in [0.717, 1.165) is 22.1 Å². The standard InChI is InChI=1S/C14H9ClN6/c15-14(21-13-8-4-2-6-11(13)17-19-21)9-20-12-7-3-1-5-10(12)16-18-20/h1-9H/b14-9+. The van der Waals surface area contributed by atoms with Crippen LogP contribution >= 0.6 is 11.6 Å². The van der Waals surface area contributed by atoms with Crippen LogP contribution in [0, 0.1) is 0 Å². The average Bonchev–Trinajstić information content (AvgIpc) is 3.12. The van der Waals surface area contributed by atoms with E-state index in [9.17, 15) is 0 Å². The Morgan fingerprint density at radius 3 is 2.29 bits per heavy atom. The minimum absolute atomic E-state index is 0.388. The molecule has 0 unspecified atom stereocenters. The summed E-state index contributed by atoms with van der Waals surface area (Å²) >= 11 is 6.35. The second-order valence-corrected chi connectivity index (χ2v) is 4.85. The largest absolute Gasteiger partial charge is 0.217 e. The molecule has 0 fully saturated rings. The Labute approximate surface area is 124 Å². The zero-order valence-corrected chi connectivity index (χ0v) is 11.5. The second-order valence-electron chi connectivity index (χ2n) is 4.46. The molecular formula is C14H9ClN6. The second kappa shape index (κ2) is 4.68. The van der Waals surface area contributed by atoms with Crippen LogP contribution in [-0.4, -0.2) is 30.0 Å². The highest BCUT2D eigenvalue weighted by Gasteiger charge is 2.08. The van der Waals surface area contributed by atoms with E-state index in [4.69, 9.17) is 11.6 Å². The van der Waals surface area contributed by atoms with Gasteiger partial charge >= 0.3 is 0 Å². The van der Waals surface area contributed by atoms with E-state index in [1.165, 1.54) is 0 Å².